The van der Waals surface area contributed by atoms with Crippen LogP contribution < -0.4 is 0 Å². The van der Waals surface area contributed by atoms with Crippen molar-refractivity contribution in [2.45, 2.75) is 59.0 Å². The Labute approximate surface area is 208 Å². The zero-order valence-corrected chi connectivity index (χ0v) is 21.7. The number of hydrogen-bond donors (Lipinski definition) is 0. The first-order valence-electron chi connectivity index (χ1n) is 12.1. The first-order valence-corrected chi connectivity index (χ1v) is 12.5. The van der Waals surface area contributed by atoms with Gasteiger partial charge in [0.25, 0.3) is 5.91 Å². The van der Waals surface area contributed by atoms with Gasteiger partial charge in [0.15, 0.2) is 0 Å². The largest absolute Gasteiger partial charge is 0.336 e. The van der Waals surface area contributed by atoms with Gasteiger partial charge in [0.2, 0.25) is 0 Å². The third kappa shape index (κ3) is 5.06. The molecule has 34 heavy (non-hydrogen) atoms. The van der Waals surface area contributed by atoms with Crippen LogP contribution in [0, 0.1) is 0 Å². The number of carbonyl (C=O) groups excluding carboxylic acids is 1. The quantitative estimate of drug-likeness (QED) is 0.445. The van der Waals surface area contributed by atoms with E-state index >= 15 is 0 Å². The van der Waals surface area contributed by atoms with E-state index in [4.69, 9.17) is 16.7 Å². The Kier molecular flexibility index (Phi) is 7.15. The van der Waals surface area contributed by atoms with E-state index in [1.165, 1.54) is 16.8 Å². The van der Waals surface area contributed by atoms with Gasteiger partial charge in [0.05, 0.1) is 28.6 Å². The zero-order chi connectivity index (χ0) is 24.5. The lowest BCUT2D eigenvalue weighted by molar-refractivity contribution is 0.0782. The standard InChI is InChI=1S/C28H35ClN4O/c1-6-16-32-17-15-25-22(18-32)24(30-33(25)26-10-8-7-9-23(26)29)19-31(5)27(34)20-11-13-21(14-12-20)28(2,3)4/h7-14H,6,15-19H2,1-5H3. The molecule has 0 unspecified atom stereocenters. The smallest absolute Gasteiger partial charge is 0.253 e. The van der Waals surface area contributed by atoms with Crippen LogP contribution in [0.4, 0.5) is 0 Å². The fourth-order valence-electron chi connectivity index (χ4n) is 4.63. The van der Waals surface area contributed by atoms with Crippen LogP contribution in [0.5, 0.6) is 0 Å². The number of para-hydroxylation sites is 1. The maximum atomic E-state index is 13.2. The molecule has 0 saturated heterocycles. The minimum Gasteiger partial charge on any atom is -0.336 e. The average molecular weight is 479 g/mol. The highest BCUT2D eigenvalue weighted by Crippen LogP contribution is 2.29. The number of nitrogens with zero attached hydrogens (tertiary/aromatic N) is 4. The highest BCUT2D eigenvalue weighted by molar-refractivity contribution is 6.32. The van der Waals surface area contributed by atoms with Gasteiger partial charge in [0.1, 0.15) is 0 Å². The number of fused-ring (bicyclic) bond motifs is 1. The molecule has 0 N–H and O–H groups in total. The number of rotatable bonds is 6. The van der Waals surface area contributed by atoms with Gasteiger partial charge in [-0.2, -0.15) is 5.10 Å². The summed E-state index contributed by atoms with van der Waals surface area (Å²) in [6, 6.07) is 15.8. The summed E-state index contributed by atoms with van der Waals surface area (Å²) < 4.78 is 1.99. The maximum absolute atomic E-state index is 13.2. The van der Waals surface area contributed by atoms with Crippen LogP contribution >= 0.6 is 11.6 Å². The molecule has 2 aromatic carbocycles. The van der Waals surface area contributed by atoms with Crippen molar-refractivity contribution in [2.75, 3.05) is 20.1 Å². The van der Waals surface area contributed by atoms with Crippen molar-refractivity contribution < 1.29 is 4.79 Å². The molecule has 6 heteroatoms. The highest BCUT2D eigenvalue weighted by atomic mass is 35.5. The topological polar surface area (TPSA) is 41.4 Å². The lowest BCUT2D eigenvalue weighted by Crippen LogP contribution is -2.32. The molecule has 180 valence electrons. The summed E-state index contributed by atoms with van der Waals surface area (Å²) in [5, 5.41) is 5.67. The number of amides is 1. The number of hydrogen-bond acceptors (Lipinski definition) is 3. The first kappa shape index (κ1) is 24.5. The molecule has 1 aromatic heterocycles. The van der Waals surface area contributed by atoms with Crippen LogP contribution in [0.3, 0.4) is 0 Å². The molecule has 5 nitrogen and oxygen atoms in total. The Morgan fingerprint density at radius 2 is 1.82 bits per heavy atom. The number of halogens is 1. The minimum atomic E-state index is 0.00252. The Morgan fingerprint density at radius 3 is 2.47 bits per heavy atom. The van der Waals surface area contributed by atoms with Gasteiger partial charge >= 0.3 is 0 Å². The maximum Gasteiger partial charge on any atom is 0.253 e. The summed E-state index contributed by atoms with van der Waals surface area (Å²) in [4.78, 5) is 17.5. The molecule has 0 bridgehead atoms. The molecule has 0 spiro atoms. The minimum absolute atomic E-state index is 0.00252. The molecule has 3 aromatic rings. The first-order chi connectivity index (χ1) is 16.2. The molecule has 0 atom stereocenters. The molecular formula is C28H35ClN4O. The Morgan fingerprint density at radius 1 is 1.12 bits per heavy atom. The second-order valence-corrected chi connectivity index (χ2v) is 10.7. The molecule has 4 rings (SSSR count). The molecule has 2 heterocycles. The van der Waals surface area contributed by atoms with E-state index in [1.54, 1.807) is 4.90 Å². The van der Waals surface area contributed by atoms with Crippen LogP contribution in [0.1, 0.15) is 67.0 Å². The number of carbonyl (C=O) groups is 1. The molecule has 0 saturated carbocycles. The molecule has 0 radical (unpaired) electrons. The predicted molar refractivity (Wildman–Crippen MR) is 139 cm³/mol. The second-order valence-electron chi connectivity index (χ2n) is 10.2. The van der Waals surface area contributed by atoms with Crippen molar-refractivity contribution in [1.82, 2.24) is 19.6 Å². The molecule has 1 aliphatic rings. The van der Waals surface area contributed by atoms with E-state index in [1.807, 2.05) is 48.1 Å². The SMILES string of the molecule is CCCN1CCc2c(c(CN(C)C(=O)c3ccc(C(C)(C)C)cc3)nn2-c2ccccc2Cl)C1. The summed E-state index contributed by atoms with van der Waals surface area (Å²) in [6.07, 6.45) is 2.03. The highest BCUT2D eigenvalue weighted by Gasteiger charge is 2.27. The lowest BCUT2D eigenvalue weighted by atomic mass is 9.86. The molecule has 0 fully saturated rings. The van der Waals surface area contributed by atoms with E-state index < -0.39 is 0 Å². The summed E-state index contributed by atoms with van der Waals surface area (Å²) >= 11 is 6.53. The van der Waals surface area contributed by atoms with Gasteiger partial charge in [0, 0.05) is 37.7 Å². The van der Waals surface area contributed by atoms with Gasteiger partial charge in [-0.1, -0.05) is 63.6 Å². The Bertz CT molecular complexity index is 1160. The fraction of sp³-hybridized carbons (Fsp3) is 0.429. The van der Waals surface area contributed by atoms with E-state index in [9.17, 15) is 4.79 Å². The van der Waals surface area contributed by atoms with E-state index in [0.29, 0.717) is 17.1 Å². The van der Waals surface area contributed by atoms with E-state index in [0.717, 1.165) is 43.9 Å². The van der Waals surface area contributed by atoms with Crippen molar-refractivity contribution in [2.24, 2.45) is 0 Å². The second kappa shape index (κ2) is 9.93. The third-order valence-corrected chi connectivity index (χ3v) is 6.89. The van der Waals surface area contributed by atoms with Crippen molar-refractivity contribution >= 4 is 17.5 Å². The molecule has 0 aliphatic carbocycles. The Hall–Kier alpha value is -2.63. The van der Waals surface area contributed by atoms with Crippen LogP contribution in [0.2, 0.25) is 5.02 Å². The van der Waals surface area contributed by atoms with Crippen LogP contribution in [-0.2, 0) is 24.9 Å². The number of benzene rings is 2. The van der Waals surface area contributed by atoms with E-state index in [2.05, 4.69) is 44.7 Å². The molecule has 1 amide bonds. The summed E-state index contributed by atoms with van der Waals surface area (Å²) in [5.74, 6) is 0.00252. The van der Waals surface area contributed by atoms with Gasteiger partial charge in [-0.15, -0.1) is 0 Å². The lowest BCUT2D eigenvalue weighted by Gasteiger charge is -2.28. The van der Waals surface area contributed by atoms with Crippen LogP contribution in [0.25, 0.3) is 5.69 Å². The predicted octanol–water partition coefficient (Wildman–Crippen LogP) is 5.86. The molecular weight excluding hydrogens is 444 g/mol. The van der Waals surface area contributed by atoms with Crippen molar-refractivity contribution in [1.29, 1.82) is 0 Å². The van der Waals surface area contributed by atoms with Gasteiger partial charge in [-0.3, -0.25) is 9.69 Å². The number of aromatic nitrogens is 2. The van der Waals surface area contributed by atoms with Crippen molar-refractivity contribution in [3.8, 4) is 5.69 Å². The monoisotopic (exact) mass is 478 g/mol. The summed E-state index contributed by atoms with van der Waals surface area (Å²) in [7, 11) is 1.85. The normalized spacial score (nSPS) is 14.2. The van der Waals surface area contributed by atoms with Crippen molar-refractivity contribution in [3.05, 3.63) is 81.6 Å². The van der Waals surface area contributed by atoms with Gasteiger partial charge in [-0.25, -0.2) is 4.68 Å². The van der Waals surface area contributed by atoms with Crippen molar-refractivity contribution in [3.63, 3.8) is 0 Å². The summed E-state index contributed by atoms with van der Waals surface area (Å²) in [6.45, 7) is 12.1. The Balaban J connectivity index is 1.63. The zero-order valence-electron chi connectivity index (χ0n) is 20.9. The van der Waals surface area contributed by atoms with Gasteiger partial charge in [-0.05, 0) is 48.2 Å². The van der Waals surface area contributed by atoms with Gasteiger partial charge < -0.3 is 4.90 Å². The van der Waals surface area contributed by atoms with E-state index in [-0.39, 0.29) is 11.3 Å². The molecule has 1 aliphatic heterocycles. The third-order valence-electron chi connectivity index (χ3n) is 6.57. The average Bonchev–Trinajstić information content (AvgIpc) is 3.16. The fourth-order valence-corrected chi connectivity index (χ4v) is 4.84. The summed E-state index contributed by atoms with van der Waals surface area (Å²) in [5.41, 5.74) is 6.23. The van der Waals surface area contributed by atoms with Crippen LogP contribution in [-0.4, -0.2) is 45.6 Å². The van der Waals surface area contributed by atoms with Crippen LogP contribution in [0.15, 0.2) is 48.5 Å².